The second kappa shape index (κ2) is 9.60. The number of ether oxygens (including phenoxy) is 1. The summed E-state index contributed by atoms with van der Waals surface area (Å²) in [6.07, 6.45) is 1.43. The van der Waals surface area contributed by atoms with Crippen molar-refractivity contribution in [1.82, 2.24) is 9.88 Å². The fraction of sp³-hybridized carbons (Fsp3) is 0.400. The van der Waals surface area contributed by atoms with Crippen LogP contribution in [-0.4, -0.2) is 47.4 Å². The summed E-state index contributed by atoms with van der Waals surface area (Å²) >= 11 is 1.24. The normalized spacial score (nSPS) is 16.3. The molecule has 1 aromatic heterocycles. The number of aromatic nitrogens is 1. The molecular formula is C20H22FN3O4S. The summed E-state index contributed by atoms with van der Waals surface area (Å²) in [5.74, 6) is -1.54. The van der Waals surface area contributed by atoms with Gasteiger partial charge in [0.15, 0.2) is 5.13 Å². The number of halogens is 1. The molecule has 2 aromatic rings. The minimum atomic E-state index is -0.400. The molecule has 1 atom stereocenters. The molecule has 29 heavy (non-hydrogen) atoms. The standard InChI is InChI=1S/C20H22FN3O4S/c1-2-28-17(25)10-16-12-29-20(22-16)23-18(26)14-4-3-9-24(11-14)19(27)13-5-7-15(21)8-6-13/h5-8,12,14H,2-4,9-11H2,1H3,(H,22,23,26). The van der Waals surface area contributed by atoms with Crippen molar-refractivity contribution in [3.63, 3.8) is 0 Å². The lowest BCUT2D eigenvalue weighted by Crippen LogP contribution is -2.43. The molecule has 1 saturated heterocycles. The number of thiazole rings is 1. The van der Waals surface area contributed by atoms with E-state index in [1.807, 2.05) is 0 Å². The van der Waals surface area contributed by atoms with Crippen molar-refractivity contribution in [3.8, 4) is 0 Å². The van der Waals surface area contributed by atoms with Crippen LogP contribution >= 0.6 is 11.3 Å². The van der Waals surface area contributed by atoms with Gasteiger partial charge in [-0.15, -0.1) is 11.3 Å². The Kier molecular flexibility index (Phi) is 6.92. The number of piperidine rings is 1. The summed E-state index contributed by atoms with van der Waals surface area (Å²) in [5.41, 5.74) is 0.941. The van der Waals surface area contributed by atoms with E-state index < -0.39 is 5.82 Å². The highest BCUT2D eigenvalue weighted by Gasteiger charge is 2.29. The number of hydrogen-bond acceptors (Lipinski definition) is 6. The van der Waals surface area contributed by atoms with Crippen LogP contribution in [0.4, 0.5) is 9.52 Å². The van der Waals surface area contributed by atoms with Gasteiger partial charge in [-0.05, 0) is 44.0 Å². The number of nitrogens with zero attached hydrogens (tertiary/aromatic N) is 2. The molecule has 0 bridgehead atoms. The van der Waals surface area contributed by atoms with Crippen LogP contribution in [0.5, 0.6) is 0 Å². The quantitative estimate of drug-likeness (QED) is 0.728. The van der Waals surface area contributed by atoms with E-state index in [0.717, 1.165) is 0 Å². The average Bonchev–Trinajstić information content (AvgIpc) is 3.15. The summed E-state index contributed by atoms with van der Waals surface area (Å²) in [6, 6.07) is 5.39. The number of rotatable bonds is 6. The number of nitrogens with one attached hydrogen (secondary N) is 1. The fourth-order valence-corrected chi connectivity index (χ4v) is 3.88. The zero-order valence-corrected chi connectivity index (χ0v) is 16.8. The molecule has 1 N–H and O–H groups in total. The molecule has 3 rings (SSSR count). The van der Waals surface area contributed by atoms with E-state index >= 15 is 0 Å². The maximum Gasteiger partial charge on any atom is 0.311 e. The van der Waals surface area contributed by atoms with Gasteiger partial charge in [-0.25, -0.2) is 9.37 Å². The van der Waals surface area contributed by atoms with E-state index in [0.29, 0.717) is 48.9 Å². The number of hydrogen-bond donors (Lipinski definition) is 1. The first-order valence-electron chi connectivity index (χ1n) is 9.42. The molecule has 1 fully saturated rings. The number of carbonyl (C=O) groups excluding carboxylic acids is 3. The lowest BCUT2D eigenvalue weighted by Gasteiger charge is -2.32. The van der Waals surface area contributed by atoms with E-state index in [1.54, 1.807) is 17.2 Å². The lowest BCUT2D eigenvalue weighted by atomic mass is 9.96. The Morgan fingerprint density at radius 3 is 2.79 bits per heavy atom. The van der Waals surface area contributed by atoms with Crippen LogP contribution < -0.4 is 5.32 Å². The molecule has 1 unspecified atom stereocenters. The van der Waals surface area contributed by atoms with Crippen molar-refractivity contribution in [1.29, 1.82) is 0 Å². The van der Waals surface area contributed by atoms with E-state index in [9.17, 15) is 18.8 Å². The third-order valence-electron chi connectivity index (χ3n) is 4.58. The molecule has 9 heteroatoms. The van der Waals surface area contributed by atoms with Crippen LogP contribution in [-0.2, 0) is 20.7 Å². The SMILES string of the molecule is CCOC(=O)Cc1csc(NC(=O)C2CCCN(C(=O)c3ccc(F)cc3)C2)n1. The van der Waals surface area contributed by atoms with Gasteiger partial charge in [-0.1, -0.05) is 0 Å². The summed E-state index contributed by atoms with van der Waals surface area (Å²) in [5, 5.41) is 4.89. The zero-order valence-electron chi connectivity index (χ0n) is 16.0. The minimum Gasteiger partial charge on any atom is -0.466 e. The molecule has 2 amide bonds. The van der Waals surface area contributed by atoms with E-state index in [-0.39, 0.29) is 30.1 Å². The molecule has 2 heterocycles. The Morgan fingerprint density at radius 2 is 2.07 bits per heavy atom. The number of amides is 2. The molecule has 1 aliphatic rings. The molecule has 1 aliphatic heterocycles. The van der Waals surface area contributed by atoms with Crippen molar-refractivity contribution < 1.29 is 23.5 Å². The van der Waals surface area contributed by atoms with Crippen LogP contribution in [0, 0.1) is 11.7 Å². The second-order valence-corrected chi connectivity index (χ2v) is 7.57. The van der Waals surface area contributed by atoms with Crippen molar-refractivity contribution in [2.24, 2.45) is 5.92 Å². The van der Waals surface area contributed by atoms with Gasteiger partial charge < -0.3 is 15.0 Å². The second-order valence-electron chi connectivity index (χ2n) is 6.71. The summed E-state index contributed by atoms with van der Waals surface area (Å²) in [7, 11) is 0. The summed E-state index contributed by atoms with van der Waals surface area (Å²) in [4.78, 5) is 42.6. The number of esters is 1. The molecular weight excluding hydrogens is 397 g/mol. The molecule has 1 aromatic carbocycles. The van der Waals surface area contributed by atoms with Gasteiger partial charge in [0.1, 0.15) is 5.82 Å². The molecule has 154 valence electrons. The van der Waals surface area contributed by atoms with Crippen molar-refractivity contribution >= 4 is 34.3 Å². The van der Waals surface area contributed by atoms with Gasteiger partial charge in [-0.3, -0.25) is 14.4 Å². The molecule has 0 saturated carbocycles. The van der Waals surface area contributed by atoms with E-state index in [2.05, 4.69) is 10.3 Å². The number of carbonyl (C=O) groups is 3. The predicted molar refractivity (Wildman–Crippen MR) is 106 cm³/mol. The first kappa shape index (κ1) is 20.9. The Labute approximate surface area is 171 Å². The van der Waals surface area contributed by atoms with Crippen molar-refractivity contribution in [3.05, 3.63) is 46.7 Å². The maximum atomic E-state index is 13.1. The smallest absolute Gasteiger partial charge is 0.311 e. The number of benzene rings is 1. The summed E-state index contributed by atoms with van der Waals surface area (Å²) < 4.78 is 18.0. The van der Waals surface area contributed by atoms with Gasteiger partial charge in [0.25, 0.3) is 5.91 Å². The molecule has 0 aliphatic carbocycles. The third-order valence-corrected chi connectivity index (χ3v) is 5.39. The first-order chi connectivity index (χ1) is 14.0. The number of anilines is 1. The highest BCUT2D eigenvalue weighted by molar-refractivity contribution is 7.13. The molecule has 0 radical (unpaired) electrons. The van der Waals surface area contributed by atoms with Crippen LogP contribution in [0.25, 0.3) is 0 Å². The van der Waals surface area contributed by atoms with Gasteiger partial charge >= 0.3 is 5.97 Å². The van der Waals surface area contributed by atoms with Gasteiger partial charge in [-0.2, -0.15) is 0 Å². The maximum absolute atomic E-state index is 13.1. The monoisotopic (exact) mass is 419 g/mol. The lowest BCUT2D eigenvalue weighted by molar-refractivity contribution is -0.142. The van der Waals surface area contributed by atoms with Crippen LogP contribution in [0.15, 0.2) is 29.6 Å². The topological polar surface area (TPSA) is 88.6 Å². The Hall–Kier alpha value is -2.81. The molecule has 7 nitrogen and oxygen atoms in total. The average molecular weight is 419 g/mol. The first-order valence-corrected chi connectivity index (χ1v) is 10.3. The fourth-order valence-electron chi connectivity index (χ4n) is 3.16. The van der Waals surface area contributed by atoms with E-state index in [1.165, 1.54) is 35.6 Å². The zero-order chi connectivity index (χ0) is 20.8. The van der Waals surface area contributed by atoms with Gasteiger partial charge in [0, 0.05) is 24.0 Å². The van der Waals surface area contributed by atoms with Gasteiger partial charge in [0.2, 0.25) is 5.91 Å². The Morgan fingerprint density at radius 1 is 1.31 bits per heavy atom. The number of likely N-dealkylation sites (tertiary alicyclic amines) is 1. The van der Waals surface area contributed by atoms with Crippen LogP contribution in [0.2, 0.25) is 0 Å². The molecule has 0 spiro atoms. The van der Waals surface area contributed by atoms with Crippen LogP contribution in [0.3, 0.4) is 0 Å². The summed E-state index contributed by atoms with van der Waals surface area (Å²) in [6.45, 7) is 2.89. The predicted octanol–water partition coefficient (Wildman–Crippen LogP) is 2.88. The Bertz CT molecular complexity index is 884. The Balaban J connectivity index is 1.57. The van der Waals surface area contributed by atoms with E-state index in [4.69, 9.17) is 4.74 Å². The third kappa shape index (κ3) is 5.60. The van der Waals surface area contributed by atoms with Crippen molar-refractivity contribution in [2.45, 2.75) is 26.2 Å². The highest BCUT2D eigenvalue weighted by Crippen LogP contribution is 2.22. The minimum absolute atomic E-state index is 0.0591. The van der Waals surface area contributed by atoms with Crippen molar-refractivity contribution in [2.75, 3.05) is 25.0 Å². The largest absolute Gasteiger partial charge is 0.466 e. The van der Waals surface area contributed by atoms with Crippen LogP contribution in [0.1, 0.15) is 35.8 Å². The highest BCUT2D eigenvalue weighted by atomic mass is 32.1. The van der Waals surface area contributed by atoms with Gasteiger partial charge in [0.05, 0.1) is 24.6 Å².